The van der Waals surface area contributed by atoms with Crippen LogP contribution in [0, 0.1) is 11.3 Å². The standard InChI is InChI=1S/C14H19N5O/c1-17(2)14(20)11-18-5-7-19(8-6-18)13-4-3-12(9-15)10-16-13/h3-4,10H,5-8,11H2,1-2H3. The quantitative estimate of drug-likeness (QED) is 0.785. The van der Waals surface area contributed by atoms with Crippen LogP contribution in [0.5, 0.6) is 0 Å². The SMILES string of the molecule is CN(C)C(=O)CN1CCN(c2ccc(C#N)cn2)CC1. The molecule has 2 heterocycles. The third-order valence-corrected chi connectivity index (χ3v) is 3.43. The van der Waals surface area contributed by atoms with E-state index in [2.05, 4.69) is 20.9 Å². The summed E-state index contributed by atoms with van der Waals surface area (Å²) in [5, 5.41) is 8.76. The number of nitriles is 1. The lowest BCUT2D eigenvalue weighted by Gasteiger charge is -2.35. The topological polar surface area (TPSA) is 63.5 Å². The van der Waals surface area contributed by atoms with E-state index < -0.39 is 0 Å². The molecule has 0 atom stereocenters. The van der Waals surface area contributed by atoms with Gasteiger partial charge >= 0.3 is 0 Å². The van der Waals surface area contributed by atoms with E-state index in [-0.39, 0.29) is 5.91 Å². The molecule has 0 aliphatic carbocycles. The average Bonchev–Trinajstić information content (AvgIpc) is 2.48. The van der Waals surface area contributed by atoms with Gasteiger partial charge in [-0.2, -0.15) is 5.26 Å². The summed E-state index contributed by atoms with van der Waals surface area (Å²) in [6.07, 6.45) is 1.59. The molecular weight excluding hydrogens is 254 g/mol. The Morgan fingerprint density at radius 1 is 1.35 bits per heavy atom. The number of pyridine rings is 1. The molecule has 1 aliphatic rings. The highest BCUT2D eigenvalue weighted by atomic mass is 16.2. The van der Waals surface area contributed by atoms with Crippen molar-refractivity contribution in [3.05, 3.63) is 23.9 Å². The summed E-state index contributed by atoms with van der Waals surface area (Å²) in [5.41, 5.74) is 0.573. The Balaban J connectivity index is 1.87. The second-order valence-electron chi connectivity index (χ2n) is 5.07. The monoisotopic (exact) mass is 273 g/mol. The van der Waals surface area contributed by atoms with Crippen LogP contribution in [0.15, 0.2) is 18.3 Å². The lowest BCUT2D eigenvalue weighted by Crippen LogP contribution is -2.49. The molecule has 1 aromatic rings. The molecule has 6 heteroatoms. The lowest BCUT2D eigenvalue weighted by molar-refractivity contribution is -0.129. The summed E-state index contributed by atoms with van der Waals surface area (Å²) in [6, 6.07) is 5.72. The van der Waals surface area contributed by atoms with Crippen LogP contribution in [0.1, 0.15) is 5.56 Å². The van der Waals surface area contributed by atoms with Crippen LogP contribution < -0.4 is 4.90 Å². The molecule has 0 aromatic carbocycles. The molecule has 106 valence electrons. The maximum Gasteiger partial charge on any atom is 0.236 e. The molecule has 0 unspecified atom stereocenters. The fraction of sp³-hybridized carbons (Fsp3) is 0.500. The van der Waals surface area contributed by atoms with Gasteiger partial charge in [0.1, 0.15) is 11.9 Å². The van der Waals surface area contributed by atoms with Crippen molar-refractivity contribution in [2.24, 2.45) is 0 Å². The van der Waals surface area contributed by atoms with Crippen molar-refractivity contribution in [2.45, 2.75) is 0 Å². The van der Waals surface area contributed by atoms with Gasteiger partial charge in [-0.1, -0.05) is 0 Å². The first kappa shape index (κ1) is 14.3. The fourth-order valence-electron chi connectivity index (χ4n) is 2.11. The minimum atomic E-state index is 0.134. The van der Waals surface area contributed by atoms with Crippen molar-refractivity contribution in [1.29, 1.82) is 5.26 Å². The molecule has 20 heavy (non-hydrogen) atoms. The first-order valence-corrected chi connectivity index (χ1v) is 6.64. The van der Waals surface area contributed by atoms with Crippen molar-refractivity contribution >= 4 is 11.7 Å². The summed E-state index contributed by atoms with van der Waals surface area (Å²) in [4.78, 5) is 21.9. The molecule has 0 radical (unpaired) electrons. The largest absolute Gasteiger partial charge is 0.354 e. The number of rotatable bonds is 3. The predicted molar refractivity (Wildman–Crippen MR) is 76.3 cm³/mol. The van der Waals surface area contributed by atoms with Crippen LogP contribution in [-0.2, 0) is 4.79 Å². The second kappa shape index (κ2) is 6.35. The maximum atomic E-state index is 11.7. The average molecular weight is 273 g/mol. The second-order valence-corrected chi connectivity index (χ2v) is 5.07. The third-order valence-electron chi connectivity index (χ3n) is 3.43. The van der Waals surface area contributed by atoms with Crippen LogP contribution in [-0.4, -0.2) is 67.5 Å². The molecule has 1 saturated heterocycles. The molecule has 0 bridgehead atoms. The van der Waals surface area contributed by atoms with E-state index in [1.165, 1.54) is 0 Å². The third kappa shape index (κ3) is 3.45. The van der Waals surface area contributed by atoms with Gasteiger partial charge in [0.05, 0.1) is 12.1 Å². The Kier molecular flexibility index (Phi) is 4.53. The number of aromatic nitrogens is 1. The fourth-order valence-corrected chi connectivity index (χ4v) is 2.11. The predicted octanol–water partition coefficient (Wildman–Crippen LogP) is 0.163. The van der Waals surface area contributed by atoms with Crippen LogP contribution in [0.4, 0.5) is 5.82 Å². The van der Waals surface area contributed by atoms with Gasteiger partial charge in [-0.15, -0.1) is 0 Å². The Morgan fingerprint density at radius 2 is 2.05 bits per heavy atom. The molecule has 1 amide bonds. The molecule has 1 aromatic heterocycles. The van der Waals surface area contributed by atoms with Crippen LogP contribution in [0.3, 0.4) is 0 Å². The minimum absolute atomic E-state index is 0.134. The van der Waals surface area contributed by atoms with Gasteiger partial charge in [0.2, 0.25) is 5.91 Å². The summed E-state index contributed by atoms with van der Waals surface area (Å²) >= 11 is 0. The van der Waals surface area contributed by atoms with E-state index in [4.69, 9.17) is 5.26 Å². The van der Waals surface area contributed by atoms with E-state index in [1.54, 1.807) is 31.3 Å². The van der Waals surface area contributed by atoms with Gasteiger partial charge in [0.15, 0.2) is 0 Å². The van der Waals surface area contributed by atoms with Crippen molar-refractivity contribution in [1.82, 2.24) is 14.8 Å². The first-order chi connectivity index (χ1) is 9.60. The summed E-state index contributed by atoms with van der Waals surface area (Å²) in [7, 11) is 3.55. The van der Waals surface area contributed by atoms with Gasteiger partial charge in [-0.05, 0) is 12.1 Å². The summed E-state index contributed by atoms with van der Waals surface area (Å²) < 4.78 is 0. The molecule has 0 spiro atoms. The molecule has 0 N–H and O–H groups in total. The Bertz CT molecular complexity index is 497. The zero-order valence-corrected chi connectivity index (χ0v) is 11.9. The van der Waals surface area contributed by atoms with Crippen molar-refractivity contribution in [3.8, 4) is 6.07 Å². The number of carbonyl (C=O) groups is 1. The lowest BCUT2D eigenvalue weighted by atomic mass is 10.2. The number of likely N-dealkylation sites (N-methyl/N-ethyl adjacent to an activating group) is 1. The summed E-state index contributed by atoms with van der Waals surface area (Å²) in [5.74, 6) is 1.03. The smallest absolute Gasteiger partial charge is 0.236 e. The highest BCUT2D eigenvalue weighted by Crippen LogP contribution is 2.13. The van der Waals surface area contributed by atoms with E-state index in [1.807, 2.05) is 6.07 Å². The number of amides is 1. The van der Waals surface area contributed by atoms with Crippen molar-refractivity contribution in [3.63, 3.8) is 0 Å². The van der Waals surface area contributed by atoms with Crippen molar-refractivity contribution < 1.29 is 4.79 Å². The number of hydrogen-bond acceptors (Lipinski definition) is 5. The Morgan fingerprint density at radius 3 is 2.55 bits per heavy atom. The molecule has 6 nitrogen and oxygen atoms in total. The van der Waals surface area contributed by atoms with E-state index in [0.717, 1.165) is 32.0 Å². The van der Waals surface area contributed by atoms with E-state index in [0.29, 0.717) is 12.1 Å². The van der Waals surface area contributed by atoms with Gasteiger partial charge < -0.3 is 9.80 Å². The van der Waals surface area contributed by atoms with Gasteiger partial charge in [-0.3, -0.25) is 9.69 Å². The van der Waals surface area contributed by atoms with Crippen molar-refractivity contribution in [2.75, 3.05) is 51.7 Å². The Hall–Kier alpha value is -2.13. The van der Waals surface area contributed by atoms with Crippen LogP contribution >= 0.6 is 0 Å². The van der Waals surface area contributed by atoms with Gasteiger partial charge in [0, 0.05) is 46.5 Å². The summed E-state index contributed by atoms with van der Waals surface area (Å²) in [6.45, 7) is 3.86. The zero-order chi connectivity index (χ0) is 14.5. The highest BCUT2D eigenvalue weighted by Gasteiger charge is 2.20. The number of nitrogens with zero attached hydrogens (tertiary/aromatic N) is 5. The number of carbonyl (C=O) groups excluding carboxylic acids is 1. The molecule has 0 saturated carbocycles. The normalized spacial score (nSPS) is 15.8. The number of anilines is 1. The first-order valence-electron chi connectivity index (χ1n) is 6.64. The van der Waals surface area contributed by atoms with Crippen LogP contribution in [0.2, 0.25) is 0 Å². The zero-order valence-electron chi connectivity index (χ0n) is 11.9. The van der Waals surface area contributed by atoms with Gasteiger partial charge in [0.25, 0.3) is 0 Å². The molecule has 1 fully saturated rings. The van der Waals surface area contributed by atoms with Crippen LogP contribution in [0.25, 0.3) is 0 Å². The molecule has 2 rings (SSSR count). The van der Waals surface area contributed by atoms with E-state index >= 15 is 0 Å². The number of hydrogen-bond donors (Lipinski definition) is 0. The maximum absolute atomic E-state index is 11.7. The van der Waals surface area contributed by atoms with Gasteiger partial charge in [-0.25, -0.2) is 4.98 Å². The highest BCUT2D eigenvalue weighted by molar-refractivity contribution is 5.77. The Labute approximate surface area is 119 Å². The minimum Gasteiger partial charge on any atom is -0.354 e. The number of piperazine rings is 1. The van der Waals surface area contributed by atoms with E-state index in [9.17, 15) is 4.79 Å². The molecule has 1 aliphatic heterocycles. The molecular formula is C14H19N5O.